The van der Waals surface area contributed by atoms with Gasteiger partial charge in [0.1, 0.15) is 5.82 Å². The summed E-state index contributed by atoms with van der Waals surface area (Å²) in [6.45, 7) is 6.09. The van der Waals surface area contributed by atoms with Gasteiger partial charge in [-0.05, 0) is 56.2 Å². The van der Waals surface area contributed by atoms with Gasteiger partial charge in [-0.2, -0.15) is 0 Å². The van der Waals surface area contributed by atoms with E-state index in [1.807, 2.05) is 13.8 Å². The van der Waals surface area contributed by atoms with Gasteiger partial charge in [-0.3, -0.25) is 4.79 Å². The number of hydrogen-bond donors (Lipinski definition) is 2. The van der Waals surface area contributed by atoms with E-state index < -0.39 is 0 Å². The molecule has 5 nitrogen and oxygen atoms in total. The fourth-order valence-corrected chi connectivity index (χ4v) is 2.74. The molecule has 1 aromatic heterocycles. The Labute approximate surface area is 151 Å². The monoisotopic (exact) mass is 350 g/mol. The lowest BCUT2D eigenvalue weighted by atomic mass is 10.1. The maximum absolute atomic E-state index is 12.9. The van der Waals surface area contributed by atoms with E-state index in [1.54, 1.807) is 0 Å². The Bertz CT molecular complexity index is 914. The van der Waals surface area contributed by atoms with E-state index in [4.69, 9.17) is 0 Å². The average Bonchev–Trinajstić information content (AvgIpc) is 2.60. The number of nitrogens with zero attached hydrogens (tertiary/aromatic N) is 2. The van der Waals surface area contributed by atoms with E-state index in [-0.39, 0.29) is 11.7 Å². The Balaban J connectivity index is 1.72. The van der Waals surface area contributed by atoms with Crippen molar-refractivity contribution in [1.29, 1.82) is 0 Å². The van der Waals surface area contributed by atoms with Gasteiger partial charge in [-0.15, -0.1) is 0 Å². The molecule has 0 aliphatic rings. The summed E-state index contributed by atoms with van der Waals surface area (Å²) >= 11 is 0. The molecule has 0 fully saturated rings. The predicted octanol–water partition coefficient (Wildman–Crippen LogP) is 4.54. The first-order chi connectivity index (χ1) is 12.4. The maximum Gasteiger partial charge on any atom is 0.258 e. The van der Waals surface area contributed by atoms with E-state index in [0.29, 0.717) is 17.2 Å². The molecular formula is C20H19FN4O. The van der Waals surface area contributed by atoms with Crippen LogP contribution in [0.5, 0.6) is 0 Å². The van der Waals surface area contributed by atoms with Crippen molar-refractivity contribution >= 4 is 23.2 Å². The molecule has 1 heterocycles. The van der Waals surface area contributed by atoms with Crippen LogP contribution < -0.4 is 10.6 Å². The summed E-state index contributed by atoms with van der Waals surface area (Å²) in [5.41, 5.74) is 5.17. The molecule has 2 N–H and O–H groups in total. The molecule has 6 heteroatoms. The van der Waals surface area contributed by atoms with Crippen LogP contribution in [0.15, 0.2) is 48.8 Å². The summed E-state index contributed by atoms with van der Waals surface area (Å²) in [7, 11) is 0. The molecule has 3 rings (SSSR count). The minimum atomic E-state index is -0.358. The van der Waals surface area contributed by atoms with E-state index in [0.717, 1.165) is 16.8 Å². The second-order valence-electron chi connectivity index (χ2n) is 6.16. The Morgan fingerprint density at radius 1 is 0.962 bits per heavy atom. The van der Waals surface area contributed by atoms with Crippen LogP contribution >= 0.6 is 0 Å². The molecule has 0 bridgehead atoms. The van der Waals surface area contributed by atoms with Crippen molar-refractivity contribution in [3.63, 3.8) is 0 Å². The molecule has 1 amide bonds. The Kier molecular flexibility index (Phi) is 4.93. The molecule has 0 radical (unpaired) electrons. The van der Waals surface area contributed by atoms with Crippen LogP contribution in [-0.4, -0.2) is 15.9 Å². The van der Waals surface area contributed by atoms with E-state index >= 15 is 0 Å². The van der Waals surface area contributed by atoms with Crippen LogP contribution in [0.4, 0.5) is 21.7 Å². The first-order valence-electron chi connectivity index (χ1n) is 8.16. The van der Waals surface area contributed by atoms with Crippen LogP contribution in [0.3, 0.4) is 0 Å². The van der Waals surface area contributed by atoms with Gasteiger partial charge in [0.05, 0.1) is 5.56 Å². The van der Waals surface area contributed by atoms with Crippen molar-refractivity contribution in [3.8, 4) is 0 Å². The molecule has 0 saturated heterocycles. The summed E-state index contributed by atoms with van der Waals surface area (Å²) in [6.07, 6.45) is 2.90. The highest BCUT2D eigenvalue weighted by Gasteiger charge is 2.10. The number of anilines is 3. The van der Waals surface area contributed by atoms with Gasteiger partial charge in [0.25, 0.3) is 5.91 Å². The summed E-state index contributed by atoms with van der Waals surface area (Å²) in [4.78, 5) is 20.6. The van der Waals surface area contributed by atoms with Crippen molar-refractivity contribution in [3.05, 3.63) is 76.9 Å². The van der Waals surface area contributed by atoms with Gasteiger partial charge >= 0.3 is 0 Å². The number of aryl methyl sites for hydroxylation is 3. The van der Waals surface area contributed by atoms with Gasteiger partial charge in [-0.25, -0.2) is 14.4 Å². The first kappa shape index (κ1) is 17.5. The van der Waals surface area contributed by atoms with Crippen LogP contribution in [0, 0.1) is 26.6 Å². The Morgan fingerprint density at radius 2 is 1.54 bits per heavy atom. The summed E-state index contributed by atoms with van der Waals surface area (Å²) in [5, 5.41) is 5.87. The number of halogens is 1. The molecule has 0 unspecified atom stereocenters. The van der Waals surface area contributed by atoms with Crippen molar-refractivity contribution in [2.75, 3.05) is 10.6 Å². The lowest BCUT2D eigenvalue weighted by Gasteiger charge is -2.12. The molecule has 0 aliphatic carbocycles. The zero-order chi connectivity index (χ0) is 18.7. The van der Waals surface area contributed by atoms with E-state index in [2.05, 4.69) is 39.7 Å². The minimum absolute atomic E-state index is 0.317. The number of benzene rings is 2. The third kappa shape index (κ3) is 4.03. The lowest BCUT2D eigenvalue weighted by molar-refractivity contribution is 0.102. The standard InChI is InChI=1S/C20H19FN4O/c1-12-8-13(2)18(14(3)9-12)25-20-22-10-15(11-23-20)19(26)24-17-6-4-16(21)5-7-17/h4-11H,1-3H3,(H,24,26)(H,22,23,25). The maximum atomic E-state index is 12.9. The Morgan fingerprint density at radius 3 is 2.12 bits per heavy atom. The highest BCUT2D eigenvalue weighted by atomic mass is 19.1. The number of hydrogen-bond acceptors (Lipinski definition) is 4. The Hall–Kier alpha value is -3.28. The highest BCUT2D eigenvalue weighted by Crippen LogP contribution is 2.24. The molecule has 0 saturated carbocycles. The molecule has 2 aromatic carbocycles. The third-order valence-electron chi connectivity index (χ3n) is 3.93. The number of rotatable bonds is 4. The number of carbonyl (C=O) groups is 1. The van der Waals surface area contributed by atoms with Gasteiger partial charge in [0, 0.05) is 23.8 Å². The highest BCUT2D eigenvalue weighted by molar-refractivity contribution is 6.03. The van der Waals surface area contributed by atoms with E-state index in [1.165, 1.54) is 42.2 Å². The number of aromatic nitrogens is 2. The fraction of sp³-hybridized carbons (Fsp3) is 0.150. The smallest absolute Gasteiger partial charge is 0.258 e. The van der Waals surface area contributed by atoms with Gasteiger partial charge in [-0.1, -0.05) is 17.7 Å². The van der Waals surface area contributed by atoms with Crippen LogP contribution in [0.25, 0.3) is 0 Å². The third-order valence-corrected chi connectivity index (χ3v) is 3.93. The largest absolute Gasteiger partial charge is 0.324 e. The summed E-state index contributed by atoms with van der Waals surface area (Å²) in [5.74, 6) is -0.298. The quantitative estimate of drug-likeness (QED) is 0.725. The molecule has 132 valence electrons. The summed E-state index contributed by atoms with van der Waals surface area (Å²) in [6, 6.07) is 9.72. The second kappa shape index (κ2) is 7.31. The first-order valence-corrected chi connectivity index (χ1v) is 8.16. The SMILES string of the molecule is Cc1cc(C)c(Nc2ncc(C(=O)Nc3ccc(F)cc3)cn2)c(C)c1. The number of amides is 1. The van der Waals surface area contributed by atoms with E-state index in [9.17, 15) is 9.18 Å². The van der Waals surface area contributed by atoms with Crippen molar-refractivity contribution < 1.29 is 9.18 Å². The van der Waals surface area contributed by atoms with Crippen molar-refractivity contribution in [2.45, 2.75) is 20.8 Å². The number of nitrogens with one attached hydrogen (secondary N) is 2. The summed E-state index contributed by atoms with van der Waals surface area (Å²) < 4.78 is 12.9. The zero-order valence-electron chi connectivity index (χ0n) is 14.8. The molecule has 0 atom stereocenters. The van der Waals surface area contributed by atoms with Crippen LogP contribution in [0.1, 0.15) is 27.0 Å². The van der Waals surface area contributed by atoms with Gasteiger partial charge < -0.3 is 10.6 Å². The van der Waals surface area contributed by atoms with Crippen molar-refractivity contribution in [1.82, 2.24) is 9.97 Å². The molecule has 26 heavy (non-hydrogen) atoms. The molecular weight excluding hydrogens is 331 g/mol. The minimum Gasteiger partial charge on any atom is -0.324 e. The number of carbonyl (C=O) groups excluding carboxylic acids is 1. The van der Waals surface area contributed by atoms with Gasteiger partial charge in [0.2, 0.25) is 5.95 Å². The molecule has 0 spiro atoms. The zero-order valence-corrected chi connectivity index (χ0v) is 14.8. The topological polar surface area (TPSA) is 66.9 Å². The lowest BCUT2D eigenvalue weighted by Crippen LogP contribution is -2.13. The fourth-order valence-electron chi connectivity index (χ4n) is 2.74. The molecule has 0 aliphatic heterocycles. The van der Waals surface area contributed by atoms with Crippen LogP contribution in [0.2, 0.25) is 0 Å². The van der Waals surface area contributed by atoms with Crippen LogP contribution in [-0.2, 0) is 0 Å². The normalized spacial score (nSPS) is 10.5. The van der Waals surface area contributed by atoms with Crippen molar-refractivity contribution in [2.24, 2.45) is 0 Å². The average molecular weight is 350 g/mol. The van der Waals surface area contributed by atoms with Gasteiger partial charge in [0.15, 0.2) is 0 Å². The predicted molar refractivity (Wildman–Crippen MR) is 100 cm³/mol. The molecule has 3 aromatic rings. The second-order valence-corrected chi connectivity index (χ2v) is 6.16.